The van der Waals surface area contributed by atoms with Crippen LogP contribution in [-0.4, -0.2) is 24.9 Å². The minimum Gasteiger partial charge on any atom is -0.486 e. The summed E-state index contributed by atoms with van der Waals surface area (Å²) in [6.07, 6.45) is 0. The van der Waals surface area contributed by atoms with E-state index in [0.29, 0.717) is 27.7 Å². The zero-order chi connectivity index (χ0) is 22.4. The fourth-order valence-corrected chi connectivity index (χ4v) is 2.91. The number of ether oxygens (including phenoxy) is 2. The van der Waals surface area contributed by atoms with Crippen molar-refractivity contribution < 1.29 is 28.3 Å². The van der Waals surface area contributed by atoms with Gasteiger partial charge in [-0.15, -0.1) is 0 Å². The molecule has 0 aliphatic rings. The van der Waals surface area contributed by atoms with Crippen molar-refractivity contribution >= 4 is 41.0 Å². The molecule has 0 amide bonds. The van der Waals surface area contributed by atoms with Crippen LogP contribution in [0.25, 0.3) is 0 Å². The molecule has 0 saturated heterocycles. The monoisotopic (exact) mass is 462 g/mol. The molecule has 0 aliphatic heterocycles. The van der Waals surface area contributed by atoms with Crippen LogP contribution in [0.4, 0.5) is 0 Å². The molecule has 3 rings (SSSR count). The summed E-state index contributed by atoms with van der Waals surface area (Å²) >= 11 is 11.9. The van der Waals surface area contributed by atoms with Crippen molar-refractivity contribution in [3.8, 4) is 5.75 Å². The largest absolute Gasteiger partial charge is 0.486 e. The van der Waals surface area contributed by atoms with E-state index in [1.165, 1.54) is 19.2 Å². The minimum absolute atomic E-state index is 0.0522. The maximum atomic E-state index is 12.1. The van der Waals surface area contributed by atoms with Gasteiger partial charge in [-0.3, -0.25) is 0 Å². The van der Waals surface area contributed by atoms with E-state index in [1.54, 1.807) is 42.5 Å². The Hall–Kier alpha value is -3.49. The van der Waals surface area contributed by atoms with E-state index in [-0.39, 0.29) is 23.2 Å². The van der Waals surface area contributed by atoms with Crippen molar-refractivity contribution in [2.24, 2.45) is 10.9 Å². The lowest BCUT2D eigenvalue weighted by molar-refractivity contribution is 0.0475. The van der Waals surface area contributed by atoms with Crippen molar-refractivity contribution in [1.29, 1.82) is 0 Å². The van der Waals surface area contributed by atoms with Crippen LogP contribution in [-0.2, 0) is 16.2 Å². The maximum Gasteiger partial charge on any atom is 0.400 e. The number of furan rings is 1. The molecule has 10 heteroatoms. The van der Waals surface area contributed by atoms with Crippen molar-refractivity contribution in [2.75, 3.05) is 7.11 Å². The van der Waals surface area contributed by atoms with Gasteiger partial charge < -0.3 is 24.5 Å². The van der Waals surface area contributed by atoms with Crippen molar-refractivity contribution in [2.45, 2.75) is 6.61 Å². The van der Waals surface area contributed by atoms with Gasteiger partial charge in [0.2, 0.25) is 5.76 Å². The summed E-state index contributed by atoms with van der Waals surface area (Å²) in [5.74, 6) is -0.588. The number of hydrogen-bond acceptors (Lipinski definition) is 7. The fraction of sp³-hybridized carbons (Fsp3) is 0.0952. The van der Waals surface area contributed by atoms with E-state index in [0.717, 1.165) is 0 Å². The molecule has 0 unspecified atom stereocenters. The Kier molecular flexibility index (Phi) is 7.17. The minimum atomic E-state index is -0.846. The van der Waals surface area contributed by atoms with E-state index in [1.807, 2.05) is 0 Å². The molecule has 0 saturated carbocycles. The highest BCUT2D eigenvalue weighted by atomic mass is 35.5. The molecule has 31 heavy (non-hydrogen) atoms. The van der Waals surface area contributed by atoms with E-state index in [4.69, 9.17) is 42.9 Å². The van der Waals surface area contributed by atoms with Crippen LogP contribution in [0.2, 0.25) is 10.0 Å². The lowest BCUT2D eigenvalue weighted by atomic mass is 10.2. The number of carbonyl (C=O) groups is 2. The average molecular weight is 463 g/mol. The summed E-state index contributed by atoms with van der Waals surface area (Å²) < 4.78 is 15.6. The number of methoxy groups -OCH3 is 1. The van der Waals surface area contributed by atoms with Crippen LogP contribution in [0.3, 0.4) is 0 Å². The SMILES string of the molecule is COC(=O)c1ccc(OCc2ccc(C(=O)O/N=C(\N)c3ccc(Cl)cc3Cl)o2)cc1. The summed E-state index contributed by atoms with van der Waals surface area (Å²) in [7, 11) is 1.30. The first-order valence-corrected chi connectivity index (χ1v) is 9.53. The topological polar surface area (TPSA) is 113 Å². The Balaban J connectivity index is 1.57. The third-order valence-electron chi connectivity index (χ3n) is 3.95. The van der Waals surface area contributed by atoms with Crippen LogP contribution < -0.4 is 10.5 Å². The zero-order valence-electron chi connectivity index (χ0n) is 16.1. The fourth-order valence-electron chi connectivity index (χ4n) is 2.41. The third-order valence-corrected chi connectivity index (χ3v) is 4.50. The first-order valence-electron chi connectivity index (χ1n) is 8.77. The molecule has 160 valence electrons. The Labute approximate surface area is 187 Å². The molecule has 0 aliphatic carbocycles. The predicted octanol–water partition coefficient (Wildman–Crippen LogP) is 4.43. The van der Waals surface area contributed by atoms with Gasteiger partial charge in [-0.25, -0.2) is 9.59 Å². The molecule has 8 nitrogen and oxygen atoms in total. The number of halogens is 2. The molecule has 0 radical (unpaired) electrons. The lowest BCUT2D eigenvalue weighted by Crippen LogP contribution is -2.15. The van der Waals surface area contributed by atoms with Gasteiger partial charge in [0.05, 0.1) is 17.7 Å². The number of hydrogen-bond donors (Lipinski definition) is 1. The summed E-state index contributed by atoms with van der Waals surface area (Å²) in [4.78, 5) is 28.4. The van der Waals surface area contributed by atoms with Crippen LogP contribution in [0, 0.1) is 0 Å². The Morgan fingerprint density at radius 3 is 2.45 bits per heavy atom. The molecule has 0 bridgehead atoms. The molecule has 0 atom stereocenters. The van der Waals surface area contributed by atoms with Crippen molar-refractivity contribution in [1.82, 2.24) is 0 Å². The molecule has 0 spiro atoms. The number of carbonyl (C=O) groups excluding carboxylic acids is 2. The van der Waals surface area contributed by atoms with E-state index in [9.17, 15) is 9.59 Å². The van der Waals surface area contributed by atoms with Gasteiger partial charge in [-0.2, -0.15) is 0 Å². The summed E-state index contributed by atoms with van der Waals surface area (Å²) in [6.45, 7) is 0.0522. The van der Waals surface area contributed by atoms with Crippen LogP contribution in [0.15, 0.2) is 64.2 Å². The standard InChI is InChI=1S/C21H16Cl2N2O6/c1-28-20(26)12-2-5-14(6-3-12)29-11-15-7-9-18(30-15)21(27)31-25-19(24)16-8-4-13(22)10-17(16)23/h2-10H,11H2,1H3,(H2,24,25). The zero-order valence-corrected chi connectivity index (χ0v) is 17.6. The number of rotatable bonds is 7. The molecule has 2 N–H and O–H groups in total. The van der Waals surface area contributed by atoms with Crippen LogP contribution in [0.5, 0.6) is 5.75 Å². The molecular formula is C21H16Cl2N2O6. The molecule has 3 aromatic rings. The molecule has 1 aromatic heterocycles. The maximum absolute atomic E-state index is 12.1. The first kappa shape index (κ1) is 22.2. The Bertz CT molecular complexity index is 1130. The number of esters is 1. The number of nitrogens with two attached hydrogens (primary N) is 1. The van der Waals surface area contributed by atoms with Crippen LogP contribution in [0.1, 0.15) is 32.2 Å². The van der Waals surface area contributed by atoms with Gasteiger partial charge in [0.1, 0.15) is 18.1 Å². The second kappa shape index (κ2) is 10.0. The first-order chi connectivity index (χ1) is 14.9. The van der Waals surface area contributed by atoms with Gasteiger partial charge in [-0.1, -0.05) is 28.4 Å². The summed E-state index contributed by atoms with van der Waals surface area (Å²) in [5, 5.41) is 4.28. The molecule has 2 aromatic carbocycles. The summed E-state index contributed by atoms with van der Waals surface area (Å²) in [5.41, 5.74) is 6.56. The van der Waals surface area contributed by atoms with Gasteiger partial charge in [0.25, 0.3) is 0 Å². The van der Waals surface area contributed by atoms with Crippen molar-refractivity contribution in [3.63, 3.8) is 0 Å². The second-order valence-corrected chi connectivity index (χ2v) is 6.89. The van der Waals surface area contributed by atoms with Gasteiger partial charge in [0.15, 0.2) is 5.84 Å². The molecular weight excluding hydrogens is 447 g/mol. The Morgan fingerprint density at radius 2 is 1.77 bits per heavy atom. The number of benzene rings is 2. The van der Waals surface area contributed by atoms with Gasteiger partial charge in [0, 0.05) is 10.6 Å². The quantitative estimate of drug-likeness (QED) is 0.181. The highest BCUT2D eigenvalue weighted by Crippen LogP contribution is 2.21. The van der Waals surface area contributed by atoms with Crippen LogP contribution >= 0.6 is 23.2 Å². The van der Waals surface area contributed by atoms with Crippen molar-refractivity contribution in [3.05, 3.63) is 87.3 Å². The lowest BCUT2D eigenvalue weighted by Gasteiger charge is -2.05. The number of nitrogens with zero attached hydrogens (tertiary/aromatic N) is 1. The third kappa shape index (κ3) is 5.78. The second-order valence-electron chi connectivity index (χ2n) is 6.05. The number of oxime groups is 1. The van der Waals surface area contributed by atoms with Gasteiger partial charge >= 0.3 is 11.9 Å². The molecule has 1 heterocycles. The Morgan fingerprint density at radius 1 is 1.03 bits per heavy atom. The predicted molar refractivity (Wildman–Crippen MR) is 113 cm³/mol. The summed E-state index contributed by atoms with van der Waals surface area (Å²) in [6, 6.07) is 14.0. The smallest absolute Gasteiger partial charge is 0.400 e. The average Bonchev–Trinajstić information content (AvgIpc) is 3.25. The number of amidine groups is 1. The molecule has 0 fully saturated rings. The van der Waals surface area contributed by atoms with E-state index in [2.05, 4.69) is 9.89 Å². The van der Waals surface area contributed by atoms with E-state index >= 15 is 0 Å². The van der Waals surface area contributed by atoms with E-state index < -0.39 is 11.9 Å². The highest BCUT2D eigenvalue weighted by molar-refractivity contribution is 6.36. The highest BCUT2D eigenvalue weighted by Gasteiger charge is 2.15. The van der Waals surface area contributed by atoms with Gasteiger partial charge in [-0.05, 0) is 54.6 Å². The normalized spacial score (nSPS) is 11.1.